The Bertz CT molecular complexity index is 2290. The first-order chi connectivity index (χ1) is 29.0. The number of hydrogen-bond acceptors (Lipinski definition) is 10. The lowest BCUT2D eigenvalue weighted by Crippen LogP contribution is -2.54. The molecule has 6 aliphatic rings. The predicted molar refractivity (Wildman–Crippen MR) is 224 cm³/mol. The van der Waals surface area contributed by atoms with Crippen LogP contribution in [0.4, 0.5) is 21.5 Å². The van der Waals surface area contributed by atoms with Gasteiger partial charge in [0.25, 0.3) is 17.7 Å². The number of anilines is 3. The zero-order valence-corrected chi connectivity index (χ0v) is 34.3. The van der Waals surface area contributed by atoms with Crippen molar-refractivity contribution in [3.8, 4) is 6.07 Å². The zero-order valence-electron chi connectivity index (χ0n) is 33.5. The number of carbonyl (C=O) groups is 5. The molecular formula is C45H48ClFN8O5. The molecule has 5 saturated heterocycles. The van der Waals surface area contributed by atoms with Gasteiger partial charge >= 0.3 is 0 Å². The van der Waals surface area contributed by atoms with Crippen LogP contribution >= 0.6 is 11.6 Å². The van der Waals surface area contributed by atoms with E-state index < -0.39 is 35.5 Å². The van der Waals surface area contributed by atoms with Crippen molar-refractivity contribution in [1.29, 1.82) is 5.26 Å². The van der Waals surface area contributed by atoms with E-state index in [1.54, 1.807) is 29.2 Å². The van der Waals surface area contributed by atoms with Gasteiger partial charge in [0, 0.05) is 95.5 Å². The minimum Gasteiger partial charge on any atom is -0.371 e. The molecule has 6 heterocycles. The second-order valence-corrected chi connectivity index (χ2v) is 17.7. The van der Waals surface area contributed by atoms with Crippen molar-refractivity contribution in [2.75, 3.05) is 86.7 Å². The first-order valence-electron chi connectivity index (χ1n) is 21.1. The molecule has 60 heavy (non-hydrogen) atoms. The Balaban J connectivity index is 0.725. The van der Waals surface area contributed by atoms with Crippen LogP contribution in [0.15, 0.2) is 54.6 Å². The normalized spacial score (nSPS) is 22.4. The lowest BCUT2D eigenvalue weighted by atomic mass is 9.77. The number of halogens is 2. The summed E-state index contributed by atoms with van der Waals surface area (Å²) in [6.45, 7) is 8.53. The summed E-state index contributed by atoms with van der Waals surface area (Å²) in [6, 6.07) is 17.1. The molecule has 1 N–H and O–H groups in total. The van der Waals surface area contributed by atoms with Crippen LogP contribution in [-0.4, -0.2) is 122 Å². The number of carbonyl (C=O) groups excluding carboxylic acids is 5. The van der Waals surface area contributed by atoms with Gasteiger partial charge in [-0.2, -0.15) is 5.26 Å². The summed E-state index contributed by atoms with van der Waals surface area (Å²) in [4.78, 5) is 76.0. The summed E-state index contributed by atoms with van der Waals surface area (Å²) in [5, 5.41) is 11.9. The second kappa shape index (κ2) is 16.2. The molecular weight excluding hydrogens is 787 g/mol. The lowest BCUT2D eigenvalue weighted by Gasteiger charge is -2.40. The van der Waals surface area contributed by atoms with Crippen molar-refractivity contribution >= 4 is 58.2 Å². The van der Waals surface area contributed by atoms with Gasteiger partial charge in [-0.1, -0.05) is 11.6 Å². The highest BCUT2D eigenvalue weighted by molar-refractivity contribution is 6.32. The summed E-state index contributed by atoms with van der Waals surface area (Å²) in [5.41, 5.74) is 4.05. The van der Waals surface area contributed by atoms with Crippen molar-refractivity contribution in [3.05, 3.63) is 87.7 Å². The van der Waals surface area contributed by atoms with Crippen LogP contribution in [0.25, 0.3) is 0 Å². The van der Waals surface area contributed by atoms with Crippen molar-refractivity contribution in [1.82, 2.24) is 20.0 Å². The van der Waals surface area contributed by atoms with Crippen LogP contribution in [0.1, 0.15) is 81.6 Å². The van der Waals surface area contributed by atoms with Crippen LogP contribution in [-0.2, 0) is 9.59 Å². The zero-order chi connectivity index (χ0) is 41.7. The topological polar surface area (TPSA) is 141 Å². The van der Waals surface area contributed by atoms with Crippen LogP contribution in [0.5, 0.6) is 0 Å². The average molecular weight is 835 g/mol. The monoisotopic (exact) mass is 834 g/mol. The van der Waals surface area contributed by atoms with E-state index in [1.807, 2.05) is 24.3 Å². The van der Waals surface area contributed by atoms with Gasteiger partial charge in [0.1, 0.15) is 17.9 Å². The molecule has 1 atom stereocenters. The Morgan fingerprint density at radius 3 is 2.08 bits per heavy atom. The van der Waals surface area contributed by atoms with Gasteiger partial charge in [-0.15, -0.1) is 0 Å². The summed E-state index contributed by atoms with van der Waals surface area (Å²) >= 11 is 6.32. The smallest absolute Gasteiger partial charge is 0.262 e. The largest absolute Gasteiger partial charge is 0.371 e. The molecule has 6 aliphatic heterocycles. The van der Waals surface area contributed by atoms with E-state index >= 15 is 4.39 Å². The molecule has 15 heteroatoms. The third kappa shape index (κ3) is 7.58. The first-order valence-corrected chi connectivity index (χ1v) is 21.5. The van der Waals surface area contributed by atoms with Crippen molar-refractivity contribution < 1.29 is 28.4 Å². The molecule has 0 aromatic heterocycles. The van der Waals surface area contributed by atoms with Crippen molar-refractivity contribution in [2.24, 2.45) is 11.3 Å². The van der Waals surface area contributed by atoms with Crippen LogP contribution in [0.2, 0.25) is 5.02 Å². The maximum Gasteiger partial charge on any atom is 0.262 e. The van der Waals surface area contributed by atoms with E-state index in [4.69, 9.17) is 11.6 Å². The Morgan fingerprint density at radius 1 is 0.767 bits per heavy atom. The minimum absolute atomic E-state index is 0.0787. The lowest BCUT2D eigenvalue weighted by molar-refractivity contribution is -0.136. The van der Waals surface area contributed by atoms with E-state index in [-0.39, 0.29) is 40.9 Å². The summed E-state index contributed by atoms with van der Waals surface area (Å²) in [7, 11) is 0. The molecule has 1 spiro atoms. The van der Waals surface area contributed by atoms with E-state index in [0.29, 0.717) is 29.6 Å². The molecule has 3 aromatic rings. The molecule has 13 nitrogen and oxygen atoms in total. The maximum atomic E-state index is 15.6. The molecule has 0 saturated carbocycles. The number of nitriles is 1. The van der Waals surface area contributed by atoms with E-state index in [0.717, 1.165) is 113 Å². The Labute approximate surface area is 353 Å². The fourth-order valence-corrected chi connectivity index (χ4v) is 10.4. The number of amides is 5. The minimum atomic E-state index is -0.990. The highest BCUT2D eigenvalue weighted by Crippen LogP contribution is 2.43. The molecule has 0 bridgehead atoms. The van der Waals surface area contributed by atoms with E-state index in [2.05, 4.69) is 31.0 Å². The number of nitrogens with zero attached hydrogens (tertiary/aromatic N) is 7. The highest BCUT2D eigenvalue weighted by Gasteiger charge is 2.45. The highest BCUT2D eigenvalue weighted by atomic mass is 35.5. The summed E-state index contributed by atoms with van der Waals surface area (Å²) in [5.74, 6) is -2.32. The third-order valence-corrected chi connectivity index (χ3v) is 14.1. The fourth-order valence-electron chi connectivity index (χ4n) is 10.2. The summed E-state index contributed by atoms with van der Waals surface area (Å²) < 4.78 is 15.6. The molecule has 1 unspecified atom stereocenters. The number of nitrogens with one attached hydrogen (secondary N) is 1. The van der Waals surface area contributed by atoms with Gasteiger partial charge in [0.05, 0.1) is 27.3 Å². The Kier molecular flexibility index (Phi) is 10.7. The predicted octanol–water partition coefficient (Wildman–Crippen LogP) is 4.92. The molecule has 9 rings (SSSR count). The van der Waals surface area contributed by atoms with Crippen molar-refractivity contribution in [3.63, 3.8) is 0 Å². The number of hydrogen-bond donors (Lipinski definition) is 1. The maximum absolute atomic E-state index is 15.6. The van der Waals surface area contributed by atoms with Gasteiger partial charge in [0.2, 0.25) is 11.8 Å². The second-order valence-electron chi connectivity index (χ2n) is 17.3. The SMILES string of the molecule is N#Cc1ccc(N2CCC3(CCN(c4ccc(C(=O)N5CCN(CC6CCN(c7ccc8c(c7)C(=O)N(C7CCC(=O)NC7=O)C8=O)CC6)CC5)c(F)c4)CC3)C2)cc1Cl. The van der Waals surface area contributed by atoms with Gasteiger partial charge in [-0.05, 0) is 104 Å². The fraction of sp³-hybridized carbons (Fsp3) is 0.467. The summed E-state index contributed by atoms with van der Waals surface area (Å²) in [6.07, 6.45) is 5.17. The number of benzene rings is 3. The van der Waals surface area contributed by atoms with Crippen LogP contribution in [0, 0.1) is 28.5 Å². The van der Waals surface area contributed by atoms with Gasteiger partial charge < -0.3 is 19.6 Å². The number of rotatable bonds is 7. The quantitative estimate of drug-likeness (QED) is 0.327. The van der Waals surface area contributed by atoms with E-state index in [1.165, 1.54) is 6.07 Å². The van der Waals surface area contributed by atoms with Crippen LogP contribution < -0.4 is 20.0 Å². The third-order valence-electron chi connectivity index (χ3n) is 13.8. The van der Waals surface area contributed by atoms with Crippen LogP contribution in [0.3, 0.4) is 0 Å². The molecule has 3 aromatic carbocycles. The van der Waals surface area contributed by atoms with Crippen molar-refractivity contribution in [2.45, 2.75) is 51.0 Å². The van der Waals surface area contributed by atoms with E-state index in [9.17, 15) is 29.2 Å². The molecule has 0 radical (unpaired) electrons. The van der Waals surface area contributed by atoms with Gasteiger partial charge in [-0.3, -0.25) is 39.1 Å². The first kappa shape index (κ1) is 39.9. The van der Waals surface area contributed by atoms with Gasteiger partial charge in [0.15, 0.2) is 0 Å². The number of piperidine rings is 3. The standard InChI is InChI=1S/C45H48ClFN8O5/c46-37-24-32(2-1-30(37)26-48)54-18-13-45(28-54)11-16-52(17-12-45)33-4-6-35(38(47)25-33)42(58)53-21-19-50(20-22-53)27-29-9-14-51(15-10-29)31-3-5-34-36(23-31)44(60)55(43(34)59)39-7-8-40(56)49-41(39)57/h1-6,23-25,29,39H,7-22,27-28H2,(H,49,56,57). The number of imide groups is 2. The molecule has 0 aliphatic carbocycles. The average Bonchev–Trinajstić information content (AvgIpc) is 3.78. The van der Waals surface area contributed by atoms with Gasteiger partial charge in [-0.25, -0.2) is 4.39 Å². The number of fused-ring (bicyclic) bond motifs is 1. The Hall–Kier alpha value is -5.52. The molecule has 5 fully saturated rings. The molecule has 312 valence electrons. The molecule has 5 amide bonds. The Morgan fingerprint density at radius 2 is 1.40 bits per heavy atom. The number of piperazine rings is 1.